The van der Waals surface area contributed by atoms with E-state index in [0.717, 1.165) is 13.1 Å². The quantitative estimate of drug-likeness (QED) is 0.759. The molecule has 1 heterocycles. The van der Waals surface area contributed by atoms with Crippen molar-refractivity contribution in [3.8, 4) is 0 Å². The minimum Gasteiger partial charge on any atom is -0.337 e. The fourth-order valence-electron chi connectivity index (χ4n) is 3.25. The van der Waals surface area contributed by atoms with Gasteiger partial charge in [0.15, 0.2) is 9.84 Å². The highest BCUT2D eigenvalue weighted by molar-refractivity contribution is 7.91. The molecule has 0 aromatic heterocycles. The standard InChI is InChI=1S/C19H31N3O3S/c1-16-8-7-12-22(14-16)19(2,3)15-21-18(23)20-11-13-26(24,25)17-9-5-4-6-10-17/h4-6,9-10,16H,7-8,11-15H2,1-3H3,(H2,20,21,23). The number of nitrogens with one attached hydrogen (secondary N) is 2. The molecule has 1 saturated heterocycles. The van der Waals surface area contributed by atoms with Gasteiger partial charge >= 0.3 is 6.03 Å². The number of benzene rings is 1. The van der Waals surface area contributed by atoms with E-state index in [2.05, 4.69) is 36.3 Å². The highest BCUT2D eigenvalue weighted by atomic mass is 32.2. The number of urea groups is 1. The van der Waals surface area contributed by atoms with Gasteiger partial charge in [-0.1, -0.05) is 25.1 Å². The lowest BCUT2D eigenvalue weighted by molar-refractivity contribution is 0.0724. The summed E-state index contributed by atoms with van der Waals surface area (Å²) in [4.78, 5) is 14.7. The third kappa shape index (κ3) is 5.99. The van der Waals surface area contributed by atoms with E-state index in [1.165, 1.54) is 12.8 Å². The van der Waals surface area contributed by atoms with Crippen molar-refractivity contribution in [2.45, 2.75) is 44.0 Å². The van der Waals surface area contributed by atoms with Gasteiger partial charge in [-0.25, -0.2) is 13.2 Å². The van der Waals surface area contributed by atoms with Crippen LogP contribution in [0.4, 0.5) is 4.79 Å². The Morgan fingerprint density at radius 3 is 2.58 bits per heavy atom. The number of amides is 2. The van der Waals surface area contributed by atoms with Crippen molar-refractivity contribution < 1.29 is 13.2 Å². The van der Waals surface area contributed by atoms with E-state index >= 15 is 0 Å². The molecule has 0 radical (unpaired) electrons. The minimum atomic E-state index is -3.37. The molecular weight excluding hydrogens is 350 g/mol. The van der Waals surface area contributed by atoms with Crippen molar-refractivity contribution in [2.24, 2.45) is 5.92 Å². The van der Waals surface area contributed by atoms with Crippen molar-refractivity contribution >= 4 is 15.9 Å². The maximum Gasteiger partial charge on any atom is 0.314 e. The van der Waals surface area contributed by atoms with Crippen molar-refractivity contribution in [3.63, 3.8) is 0 Å². The molecule has 146 valence electrons. The molecular formula is C19H31N3O3S. The molecule has 26 heavy (non-hydrogen) atoms. The minimum absolute atomic E-state index is 0.0875. The van der Waals surface area contributed by atoms with Crippen LogP contribution in [-0.2, 0) is 9.84 Å². The third-order valence-electron chi connectivity index (χ3n) is 4.95. The zero-order valence-corrected chi connectivity index (χ0v) is 16.8. The Balaban J connectivity index is 1.75. The van der Waals surface area contributed by atoms with Crippen LogP contribution in [0, 0.1) is 5.92 Å². The first kappa shape index (κ1) is 20.7. The smallest absolute Gasteiger partial charge is 0.314 e. The average molecular weight is 382 g/mol. The predicted octanol–water partition coefficient (Wildman–Crippen LogP) is 2.27. The molecule has 1 aliphatic heterocycles. The fraction of sp³-hybridized carbons (Fsp3) is 0.632. The van der Waals surface area contributed by atoms with Gasteiger partial charge in [0.25, 0.3) is 0 Å². The molecule has 7 heteroatoms. The topological polar surface area (TPSA) is 78.5 Å². The number of carbonyl (C=O) groups excluding carboxylic acids is 1. The molecule has 1 atom stereocenters. The predicted molar refractivity (Wildman–Crippen MR) is 104 cm³/mol. The molecule has 6 nitrogen and oxygen atoms in total. The van der Waals surface area contributed by atoms with Gasteiger partial charge in [0, 0.05) is 25.2 Å². The first-order valence-electron chi connectivity index (χ1n) is 9.25. The SMILES string of the molecule is CC1CCCN(C(C)(C)CNC(=O)NCCS(=O)(=O)c2ccccc2)C1. The second-order valence-electron chi connectivity index (χ2n) is 7.75. The number of rotatable bonds is 7. The maximum atomic E-state index is 12.2. The van der Waals surface area contributed by atoms with E-state index in [1.54, 1.807) is 30.3 Å². The molecule has 1 fully saturated rings. The molecule has 1 aromatic carbocycles. The van der Waals surface area contributed by atoms with Crippen LogP contribution in [0.3, 0.4) is 0 Å². The fourth-order valence-corrected chi connectivity index (χ4v) is 4.43. The van der Waals surface area contributed by atoms with E-state index in [0.29, 0.717) is 12.5 Å². The van der Waals surface area contributed by atoms with Crippen molar-refractivity contribution in [2.75, 3.05) is 31.9 Å². The average Bonchev–Trinajstić information content (AvgIpc) is 2.61. The Hall–Kier alpha value is -1.60. The summed E-state index contributed by atoms with van der Waals surface area (Å²) < 4.78 is 24.4. The Bertz CT molecular complexity index is 689. The van der Waals surface area contributed by atoms with Crippen LogP contribution in [0.5, 0.6) is 0 Å². The molecule has 0 aliphatic carbocycles. The highest BCUT2D eigenvalue weighted by Gasteiger charge is 2.30. The molecule has 2 amide bonds. The summed E-state index contributed by atoms with van der Waals surface area (Å²) >= 11 is 0. The molecule has 2 N–H and O–H groups in total. The van der Waals surface area contributed by atoms with Crippen molar-refractivity contribution in [1.29, 1.82) is 0 Å². The number of carbonyl (C=O) groups is 1. The summed E-state index contributed by atoms with van der Waals surface area (Å²) in [6, 6.07) is 7.96. The summed E-state index contributed by atoms with van der Waals surface area (Å²) in [5.41, 5.74) is -0.123. The number of nitrogens with zero attached hydrogens (tertiary/aromatic N) is 1. The summed E-state index contributed by atoms with van der Waals surface area (Å²) in [6.45, 7) is 9.23. The van der Waals surface area contributed by atoms with Gasteiger partial charge < -0.3 is 10.6 Å². The second kappa shape index (κ2) is 8.86. The van der Waals surface area contributed by atoms with E-state index in [1.807, 2.05) is 0 Å². The van der Waals surface area contributed by atoms with Crippen LogP contribution >= 0.6 is 0 Å². The van der Waals surface area contributed by atoms with Gasteiger partial charge in [0.2, 0.25) is 0 Å². The van der Waals surface area contributed by atoms with Gasteiger partial charge in [0.1, 0.15) is 0 Å². The summed E-state index contributed by atoms with van der Waals surface area (Å²) in [7, 11) is -3.37. The van der Waals surface area contributed by atoms with E-state index in [-0.39, 0.29) is 28.8 Å². The molecule has 1 aromatic rings. The Kier molecular flexibility index (Phi) is 7.06. The number of hydrogen-bond donors (Lipinski definition) is 2. The first-order valence-corrected chi connectivity index (χ1v) is 10.9. The largest absolute Gasteiger partial charge is 0.337 e. The highest BCUT2D eigenvalue weighted by Crippen LogP contribution is 2.23. The van der Waals surface area contributed by atoms with Crippen LogP contribution in [0.25, 0.3) is 0 Å². The van der Waals surface area contributed by atoms with Crippen LogP contribution in [-0.4, -0.2) is 56.8 Å². The molecule has 1 unspecified atom stereocenters. The third-order valence-corrected chi connectivity index (χ3v) is 6.69. The van der Waals surface area contributed by atoms with E-state index in [4.69, 9.17) is 0 Å². The zero-order valence-electron chi connectivity index (χ0n) is 16.0. The lowest BCUT2D eigenvalue weighted by atomic mass is 9.93. The van der Waals surface area contributed by atoms with Crippen molar-refractivity contribution in [3.05, 3.63) is 30.3 Å². The maximum absolute atomic E-state index is 12.2. The lowest BCUT2D eigenvalue weighted by Gasteiger charge is -2.43. The first-order chi connectivity index (χ1) is 12.2. The van der Waals surface area contributed by atoms with E-state index in [9.17, 15) is 13.2 Å². The number of hydrogen-bond acceptors (Lipinski definition) is 4. The molecule has 2 rings (SSSR count). The van der Waals surface area contributed by atoms with Gasteiger partial charge in [-0.15, -0.1) is 0 Å². The Morgan fingerprint density at radius 2 is 1.92 bits per heavy atom. The number of sulfone groups is 1. The van der Waals surface area contributed by atoms with Gasteiger partial charge in [-0.05, 0) is 51.3 Å². The lowest BCUT2D eigenvalue weighted by Crippen LogP contribution is -2.55. The van der Waals surface area contributed by atoms with Crippen molar-refractivity contribution in [1.82, 2.24) is 15.5 Å². The van der Waals surface area contributed by atoms with Crippen LogP contribution in [0.1, 0.15) is 33.6 Å². The normalized spacial score (nSPS) is 19.1. The van der Waals surface area contributed by atoms with Crippen LogP contribution < -0.4 is 10.6 Å². The monoisotopic (exact) mass is 381 g/mol. The molecule has 0 bridgehead atoms. The molecule has 0 saturated carbocycles. The molecule has 1 aliphatic rings. The summed E-state index contributed by atoms with van der Waals surface area (Å²) in [5, 5.41) is 5.52. The van der Waals surface area contributed by atoms with Crippen LogP contribution in [0.2, 0.25) is 0 Å². The Labute approximate surface area is 157 Å². The van der Waals surface area contributed by atoms with E-state index < -0.39 is 9.84 Å². The number of piperidine rings is 1. The zero-order chi connectivity index (χ0) is 19.2. The van der Waals surface area contributed by atoms with Gasteiger partial charge in [-0.2, -0.15) is 0 Å². The molecule has 0 spiro atoms. The number of likely N-dealkylation sites (tertiary alicyclic amines) is 1. The van der Waals surface area contributed by atoms with Crippen LogP contribution in [0.15, 0.2) is 35.2 Å². The summed E-state index contributed by atoms with van der Waals surface area (Å²) in [5.74, 6) is 0.567. The van der Waals surface area contributed by atoms with Gasteiger partial charge in [0.05, 0.1) is 10.6 Å². The second-order valence-corrected chi connectivity index (χ2v) is 9.86. The Morgan fingerprint density at radius 1 is 1.23 bits per heavy atom. The van der Waals surface area contributed by atoms with Gasteiger partial charge in [-0.3, -0.25) is 4.90 Å². The summed E-state index contributed by atoms with van der Waals surface area (Å²) in [6.07, 6.45) is 2.45.